The quantitative estimate of drug-likeness (QED) is 0.891. The van der Waals surface area contributed by atoms with E-state index in [0.29, 0.717) is 17.6 Å². The highest BCUT2D eigenvalue weighted by atomic mass is 16.5. The van der Waals surface area contributed by atoms with Crippen LogP contribution in [0.15, 0.2) is 34.9 Å². The Balaban J connectivity index is 1.80. The van der Waals surface area contributed by atoms with Gasteiger partial charge in [-0.3, -0.25) is 0 Å². The second-order valence-corrected chi connectivity index (χ2v) is 4.87. The number of hydrogen-bond donors (Lipinski definition) is 1. The van der Waals surface area contributed by atoms with Crippen molar-refractivity contribution in [1.82, 2.24) is 10.1 Å². The second kappa shape index (κ2) is 5.11. The van der Waals surface area contributed by atoms with Crippen molar-refractivity contribution in [2.75, 3.05) is 7.11 Å². The van der Waals surface area contributed by atoms with Crippen LogP contribution in [0.4, 0.5) is 0 Å². The van der Waals surface area contributed by atoms with Crippen LogP contribution in [0, 0.1) is 5.92 Å². The van der Waals surface area contributed by atoms with Gasteiger partial charge in [-0.15, -0.1) is 0 Å². The first-order chi connectivity index (χ1) is 9.29. The minimum Gasteiger partial charge on any atom is -0.373 e. The molecule has 1 saturated carbocycles. The van der Waals surface area contributed by atoms with Crippen molar-refractivity contribution in [3.63, 3.8) is 0 Å². The van der Waals surface area contributed by atoms with E-state index in [4.69, 9.17) is 15.0 Å². The summed E-state index contributed by atoms with van der Waals surface area (Å²) in [4.78, 5) is 4.39. The maximum absolute atomic E-state index is 6.13. The van der Waals surface area contributed by atoms with Gasteiger partial charge in [0.1, 0.15) is 12.1 Å². The Bertz CT molecular complexity index is 537. The summed E-state index contributed by atoms with van der Waals surface area (Å²) in [6.07, 6.45) is 2.25. The number of nitrogens with zero attached hydrogens (tertiary/aromatic N) is 2. The third-order valence-corrected chi connectivity index (χ3v) is 3.44. The second-order valence-electron chi connectivity index (χ2n) is 4.87. The molecule has 2 atom stereocenters. The van der Waals surface area contributed by atoms with Crippen molar-refractivity contribution in [3.8, 4) is 0 Å². The lowest BCUT2D eigenvalue weighted by Crippen LogP contribution is -2.13. The summed E-state index contributed by atoms with van der Waals surface area (Å²) in [6, 6.07) is 9.33. The number of methoxy groups -OCH3 is 1. The molecule has 1 aliphatic rings. The molecule has 1 fully saturated rings. The lowest BCUT2D eigenvalue weighted by atomic mass is 10.1. The number of ether oxygens (including phenoxy) is 1. The standard InChI is InChI=1S/C14H17N3O2/c1-18-12(10-7-8-10)13-16-14(19-17-13)11(15)9-5-3-2-4-6-9/h2-6,10-12H,7-8,15H2,1H3/t11-,12?/m0/s1. The molecule has 0 bridgehead atoms. The first-order valence-corrected chi connectivity index (χ1v) is 6.46. The summed E-state index contributed by atoms with van der Waals surface area (Å²) in [7, 11) is 1.68. The predicted octanol–water partition coefficient (Wildman–Crippen LogP) is 2.22. The van der Waals surface area contributed by atoms with E-state index in [9.17, 15) is 0 Å². The minimum atomic E-state index is -0.390. The van der Waals surface area contributed by atoms with Crippen molar-refractivity contribution in [2.45, 2.75) is 25.0 Å². The molecule has 1 unspecified atom stereocenters. The maximum Gasteiger partial charge on any atom is 0.248 e. The zero-order chi connectivity index (χ0) is 13.2. The van der Waals surface area contributed by atoms with E-state index in [1.807, 2.05) is 30.3 Å². The van der Waals surface area contributed by atoms with Crippen molar-refractivity contribution in [1.29, 1.82) is 0 Å². The van der Waals surface area contributed by atoms with E-state index in [-0.39, 0.29) is 12.1 Å². The molecular formula is C14H17N3O2. The Kier molecular flexibility index (Phi) is 3.31. The normalized spacial score (nSPS) is 18.2. The van der Waals surface area contributed by atoms with Gasteiger partial charge in [0, 0.05) is 7.11 Å². The van der Waals surface area contributed by atoms with Gasteiger partial charge >= 0.3 is 0 Å². The Morgan fingerprint density at radius 2 is 2.05 bits per heavy atom. The highest BCUT2D eigenvalue weighted by molar-refractivity contribution is 5.23. The molecule has 100 valence electrons. The largest absolute Gasteiger partial charge is 0.373 e. The molecule has 0 saturated heterocycles. The summed E-state index contributed by atoms with van der Waals surface area (Å²) in [5.41, 5.74) is 7.08. The van der Waals surface area contributed by atoms with Crippen LogP contribution in [0.1, 0.15) is 42.3 Å². The van der Waals surface area contributed by atoms with Gasteiger partial charge in [0.2, 0.25) is 11.7 Å². The molecule has 0 amide bonds. The zero-order valence-corrected chi connectivity index (χ0v) is 10.8. The van der Waals surface area contributed by atoms with Crippen molar-refractivity contribution in [3.05, 3.63) is 47.6 Å². The minimum absolute atomic E-state index is 0.0690. The van der Waals surface area contributed by atoms with Crippen LogP contribution in [0.25, 0.3) is 0 Å². The van der Waals surface area contributed by atoms with Crippen LogP contribution in [-0.4, -0.2) is 17.3 Å². The van der Waals surface area contributed by atoms with Crippen molar-refractivity contribution in [2.24, 2.45) is 11.7 Å². The molecule has 5 heteroatoms. The molecule has 1 heterocycles. The monoisotopic (exact) mass is 259 g/mol. The van der Waals surface area contributed by atoms with E-state index in [2.05, 4.69) is 10.1 Å². The molecular weight excluding hydrogens is 242 g/mol. The van der Waals surface area contributed by atoms with Gasteiger partial charge in [0.25, 0.3) is 0 Å². The molecule has 1 aliphatic carbocycles. The maximum atomic E-state index is 6.13. The zero-order valence-electron chi connectivity index (χ0n) is 10.8. The van der Waals surface area contributed by atoms with Crippen molar-refractivity contribution >= 4 is 0 Å². The van der Waals surface area contributed by atoms with E-state index >= 15 is 0 Å². The molecule has 0 radical (unpaired) electrons. The van der Waals surface area contributed by atoms with Crippen LogP contribution in [0.5, 0.6) is 0 Å². The molecule has 19 heavy (non-hydrogen) atoms. The molecule has 0 aliphatic heterocycles. The fourth-order valence-corrected chi connectivity index (χ4v) is 2.20. The Labute approximate surface area is 111 Å². The molecule has 1 aromatic carbocycles. The van der Waals surface area contributed by atoms with Crippen LogP contribution >= 0.6 is 0 Å². The number of nitrogens with two attached hydrogens (primary N) is 1. The van der Waals surface area contributed by atoms with E-state index < -0.39 is 0 Å². The SMILES string of the molecule is COC(c1noc([C@@H](N)c2ccccc2)n1)C1CC1. The summed E-state index contributed by atoms with van der Waals surface area (Å²) in [5, 5.41) is 4.00. The first kappa shape index (κ1) is 12.3. The van der Waals surface area contributed by atoms with Crippen molar-refractivity contribution < 1.29 is 9.26 Å². The third-order valence-electron chi connectivity index (χ3n) is 3.44. The smallest absolute Gasteiger partial charge is 0.248 e. The first-order valence-electron chi connectivity index (χ1n) is 6.46. The van der Waals surface area contributed by atoms with E-state index in [1.54, 1.807) is 7.11 Å². The molecule has 3 rings (SSSR count). The van der Waals surface area contributed by atoms with Crippen LogP contribution in [-0.2, 0) is 4.74 Å². The Morgan fingerprint density at radius 1 is 1.32 bits per heavy atom. The van der Waals surface area contributed by atoms with E-state index in [0.717, 1.165) is 18.4 Å². The van der Waals surface area contributed by atoms with Gasteiger partial charge in [-0.05, 0) is 24.3 Å². The summed E-state index contributed by atoms with van der Waals surface area (Å²) >= 11 is 0. The van der Waals surface area contributed by atoms with Gasteiger partial charge < -0.3 is 15.0 Å². The predicted molar refractivity (Wildman–Crippen MR) is 69.2 cm³/mol. The summed E-state index contributed by atoms with van der Waals surface area (Å²) < 4.78 is 10.7. The molecule has 5 nitrogen and oxygen atoms in total. The van der Waals surface area contributed by atoms with Gasteiger partial charge in [-0.2, -0.15) is 4.98 Å². The molecule has 0 spiro atoms. The Morgan fingerprint density at radius 3 is 2.68 bits per heavy atom. The fourth-order valence-electron chi connectivity index (χ4n) is 2.20. The lowest BCUT2D eigenvalue weighted by molar-refractivity contribution is 0.0751. The molecule has 1 aromatic heterocycles. The average Bonchev–Trinajstić information content (AvgIpc) is 3.17. The van der Waals surface area contributed by atoms with Gasteiger partial charge in [0.15, 0.2) is 0 Å². The Hall–Kier alpha value is -1.72. The third kappa shape index (κ3) is 2.52. The van der Waals surface area contributed by atoms with Gasteiger partial charge in [-0.1, -0.05) is 35.5 Å². The average molecular weight is 259 g/mol. The lowest BCUT2D eigenvalue weighted by Gasteiger charge is -2.09. The number of hydrogen-bond acceptors (Lipinski definition) is 5. The van der Waals surface area contributed by atoms with Crippen LogP contribution in [0.2, 0.25) is 0 Å². The summed E-state index contributed by atoms with van der Waals surface area (Å²) in [5.74, 6) is 1.55. The topological polar surface area (TPSA) is 74.2 Å². The van der Waals surface area contributed by atoms with Gasteiger partial charge in [0.05, 0.1) is 0 Å². The highest BCUT2D eigenvalue weighted by Crippen LogP contribution is 2.42. The summed E-state index contributed by atoms with van der Waals surface area (Å²) in [6.45, 7) is 0. The number of aromatic nitrogens is 2. The van der Waals surface area contributed by atoms with Crippen LogP contribution in [0.3, 0.4) is 0 Å². The molecule has 2 aromatic rings. The fraction of sp³-hybridized carbons (Fsp3) is 0.429. The number of rotatable bonds is 5. The van der Waals surface area contributed by atoms with E-state index in [1.165, 1.54) is 0 Å². The van der Waals surface area contributed by atoms with Gasteiger partial charge in [-0.25, -0.2) is 0 Å². The van der Waals surface area contributed by atoms with Crippen LogP contribution < -0.4 is 5.73 Å². The number of benzene rings is 1. The molecule has 2 N–H and O–H groups in total. The highest BCUT2D eigenvalue weighted by Gasteiger charge is 2.36.